The molecule has 1 aromatic rings. The Morgan fingerprint density at radius 3 is 1.20 bits per heavy atom. The molecule has 0 aromatic heterocycles. The van der Waals surface area contributed by atoms with Gasteiger partial charge in [0.1, 0.15) is 0 Å². The molecule has 0 amide bonds. The summed E-state index contributed by atoms with van der Waals surface area (Å²) in [5, 5.41) is 48.9. The molecule has 0 unspecified atom stereocenters. The first-order valence-electron chi connectivity index (χ1n) is 3.90. The number of phenolic OH excluding ortho intramolecular Hbond substituents is 2. The third-order valence-electron chi connectivity index (χ3n) is 1.86. The van der Waals surface area contributed by atoms with Crippen molar-refractivity contribution in [2.75, 3.05) is 0 Å². The fraction of sp³-hybridized carbons (Fsp3) is 0. The number of benzene rings is 1. The Bertz CT molecular complexity index is 487. The molecule has 0 aliphatic carbocycles. The molecule has 14 heteroatoms. The zero-order valence-electron chi connectivity index (χ0n) is 9.48. The van der Waals surface area contributed by atoms with Crippen LogP contribution in [0.5, 0.6) is 11.5 Å². The molecule has 112 valence electrons. The van der Waals surface area contributed by atoms with Crippen LogP contribution in [0.15, 0.2) is 0 Å². The largest absolute Gasteiger partial charge is 0.497 e. The third kappa shape index (κ3) is 2.79. The number of nitro groups is 3. The van der Waals surface area contributed by atoms with E-state index in [9.17, 15) is 40.6 Å². The molecule has 1 aromatic carbocycles. The van der Waals surface area contributed by atoms with Gasteiger partial charge in [-0.05, 0) is 0 Å². The van der Waals surface area contributed by atoms with Crippen LogP contribution in [0.2, 0.25) is 5.02 Å². The van der Waals surface area contributed by atoms with Crippen molar-refractivity contribution in [3.63, 3.8) is 0 Å². The molecule has 0 atom stereocenters. The Labute approximate surface area is 114 Å². The molecular weight excluding hydrogens is 306 g/mol. The summed E-state index contributed by atoms with van der Waals surface area (Å²) in [6.45, 7) is 0. The summed E-state index contributed by atoms with van der Waals surface area (Å²) in [7, 11) is 0. The van der Waals surface area contributed by atoms with Gasteiger partial charge in [-0.25, -0.2) is 0 Å². The Kier molecular flexibility index (Phi) is 6.27. The second-order valence-corrected chi connectivity index (χ2v) is 3.21. The van der Waals surface area contributed by atoms with E-state index >= 15 is 0 Å². The van der Waals surface area contributed by atoms with Crippen LogP contribution in [0, 0.1) is 30.3 Å². The van der Waals surface area contributed by atoms with E-state index in [0.717, 1.165) is 0 Å². The van der Waals surface area contributed by atoms with Crippen molar-refractivity contribution in [2.24, 2.45) is 0 Å². The highest BCUT2D eigenvalue weighted by Crippen LogP contribution is 2.53. The zero-order chi connectivity index (χ0) is 14.2. The maximum Gasteiger partial charge on any atom is 0.366 e. The molecule has 0 saturated carbocycles. The van der Waals surface area contributed by atoms with Gasteiger partial charge in [-0.3, -0.25) is 30.3 Å². The highest BCUT2D eigenvalue weighted by molar-refractivity contribution is 6.35. The highest BCUT2D eigenvalue weighted by Gasteiger charge is 2.42. The van der Waals surface area contributed by atoms with Crippen LogP contribution in [-0.2, 0) is 0 Å². The number of nitrogens with zero attached hydrogens (tertiary/aromatic N) is 3. The molecule has 1 rings (SSSR count). The molecule has 0 heterocycles. The average molecular weight is 314 g/mol. The van der Waals surface area contributed by atoms with Crippen LogP contribution in [0.4, 0.5) is 17.1 Å². The predicted octanol–water partition coefficient (Wildman–Crippen LogP) is 1.80. The first kappa shape index (κ1) is 19.6. The molecule has 0 fully saturated rings. The Hall–Kier alpha value is -2.77. The van der Waals surface area contributed by atoms with Crippen LogP contribution in [0.3, 0.4) is 0 Å². The van der Waals surface area contributed by atoms with Gasteiger partial charge >= 0.3 is 17.1 Å². The summed E-state index contributed by atoms with van der Waals surface area (Å²) in [6, 6.07) is 0. The predicted molar refractivity (Wildman–Crippen MR) is 64.8 cm³/mol. The van der Waals surface area contributed by atoms with Gasteiger partial charge in [0.2, 0.25) is 5.02 Å². The number of nitro benzene ring substituents is 3. The molecule has 0 radical (unpaired) electrons. The standard InChI is InChI=1S/C6H2ClN3O8.2H3N/c7-1-2(8(13)14)5(11)4(10(17)18)6(12)3(1)9(15)16;;/h11-12H;2*1H3. The molecular formula is C6H8ClN5O8. The molecule has 8 N–H and O–H groups in total. The van der Waals surface area contributed by atoms with Crippen molar-refractivity contribution >= 4 is 28.7 Å². The van der Waals surface area contributed by atoms with Crippen molar-refractivity contribution in [3.8, 4) is 11.5 Å². The van der Waals surface area contributed by atoms with E-state index in [1.54, 1.807) is 0 Å². The molecule has 13 nitrogen and oxygen atoms in total. The van der Waals surface area contributed by atoms with Crippen LogP contribution in [0.1, 0.15) is 0 Å². The van der Waals surface area contributed by atoms with E-state index < -0.39 is 48.4 Å². The molecule has 20 heavy (non-hydrogen) atoms. The summed E-state index contributed by atoms with van der Waals surface area (Å²) < 4.78 is 0. The van der Waals surface area contributed by atoms with Crippen LogP contribution in [0.25, 0.3) is 0 Å². The first-order chi connectivity index (χ1) is 8.20. The second-order valence-electron chi connectivity index (χ2n) is 2.83. The van der Waals surface area contributed by atoms with E-state index in [-0.39, 0.29) is 12.3 Å². The van der Waals surface area contributed by atoms with E-state index in [4.69, 9.17) is 11.6 Å². The van der Waals surface area contributed by atoms with Crippen molar-refractivity contribution in [3.05, 3.63) is 35.4 Å². The highest BCUT2D eigenvalue weighted by atomic mass is 35.5. The van der Waals surface area contributed by atoms with Crippen LogP contribution >= 0.6 is 11.6 Å². The number of hydrogen-bond acceptors (Lipinski definition) is 10. The maximum absolute atomic E-state index is 10.5. The molecule has 0 aliphatic heterocycles. The Balaban J connectivity index is 0. The number of aromatic hydroxyl groups is 2. The number of phenols is 2. The molecule has 0 bridgehead atoms. The van der Waals surface area contributed by atoms with Gasteiger partial charge in [-0.1, -0.05) is 11.6 Å². The lowest BCUT2D eigenvalue weighted by Gasteiger charge is -2.03. The quantitative estimate of drug-likeness (QED) is 0.465. The van der Waals surface area contributed by atoms with Gasteiger partial charge in [-0.2, -0.15) is 0 Å². The van der Waals surface area contributed by atoms with Crippen molar-refractivity contribution in [1.82, 2.24) is 12.3 Å². The van der Waals surface area contributed by atoms with Gasteiger partial charge in [0, 0.05) is 0 Å². The first-order valence-corrected chi connectivity index (χ1v) is 4.28. The van der Waals surface area contributed by atoms with Crippen molar-refractivity contribution in [1.29, 1.82) is 0 Å². The maximum atomic E-state index is 10.5. The molecule has 0 spiro atoms. The molecule has 0 saturated heterocycles. The summed E-state index contributed by atoms with van der Waals surface area (Å²) in [5.41, 5.74) is -4.40. The average Bonchev–Trinajstić information content (AvgIpc) is 2.14. The van der Waals surface area contributed by atoms with Gasteiger partial charge in [-0.15, -0.1) is 0 Å². The summed E-state index contributed by atoms with van der Waals surface area (Å²) in [4.78, 5) is 27.5. The summed E-state index contributed by atoms with van der Waals surface area (Å²) >= 11 is 5.26. The SMILES string of the molecule is N.N.O=[N+]([O-])c1c(O)c([N+](=O)[O-])c(Cl)c([N+](=O)[O-])c1O. The fourth-order valence-electron chi connectivity index (χ4n) is 1.16. The lowest BCUT2D eigenvalue weighted by Crippen LogP contribution is -2.00. The minimum atomic E-state index is -1.56. The van der Waals surface area contributed by atoms with Crippen LogP contribution < -0.4 is 12.3 Å². The number of hydrogen-bond donors (Lipinski definition) is 4. The van der Waals surface area contributed by atoms with E-state index in [1.807, 2.05) is 0 Å². The van der Waals surface area contributed by atoms with Gasteiger partial charge < -0.3 is 22.5 Å². The van der Waals surface area contributed by atoms with Gasteiger partial charge in [0.05, 0.1) is 14.8 Å². The lowest BCUT2D eigenvalue weighted by atomic mass is 10.2. The Morgan fingerprint density at radius 1 is 0.750 bits per heavy atom. The van der Waals surface area contributed by atoms with E-state index in [1.165, 1.54) is 0 Å². The van der Waals surface area contributed by atoms with Crippen molar-refractivity contribution in [2.45, 2.75) is 0 Å². The normalized spacial score (nSPS) is 9.05. The minimum absolute atomic E-state index is 0. The van der Waals surface area contributed by atoms with Gasteiger partial charge in [0.15, 0.2) is 0 Å². The minimum Gasteiger partial charge on any atom is -0.497 e. The number of rotatable bonds is 3. The second kappa shape index (κ2) is 6.41. The summed E-state index contributed by atoms with van der Waals surface area (Å²) in [6.07, 6.45) is 0. The number of halogens is 1. The zero-order valence-corrected chi connectivity index (χ0v) is 10.2. The van der Waals surface area contributed by atoms with Crippen LogP contribution in [-0.4, -0.2) is 25.0 Å². The van der Waals surface area contributed by atoms with E-state index in [2.05, 4.69) is 0 Å². The monoisotopic (exact) mass is 313 g/mol. The van der Waals surface area contributed by atoms with E-state index in [0.29, 0.717) is 0 Å². The Morgan fingerprint density at radius 2 is 1.00 bits per heavy atom. The lowest BCUT2D eigenvalue weighted by molar-refractivity contribution is -0.405. The topological polar surface area (TPSA) is 240 Å². The fourth-order valence-corrected chi connectivity index (χ4v) is 1.48. The smallest absolute Gasteiger partial charge is 0.366 e. The van der Waals surface area contributed by atoms with Gasteiger partial charge in [0.25, 0.3) is 11.5 Å². The molecule has 0 aliphatic rings. The van der Waals surface area contributed by atoms with Crippen molar-refractivity contribution < 1.29 is 25.0 Å². The third-order valence-corrected chi connectivity index (χ3v) is 2.22. The summed E-state index contributed by atoms with van der Waals surface area (Å²) in [5.74, 6) is -3.11.